The van der Waals surface area contributed by atoms with Gasteiger partial charge in [0.15, 0.2) is 11.6 Å². The number of fused-ring (bicyclic) bond motifs is 2. The summed E-state index contributed by atoms with van der Waals surface area (Å²) < 4.78 is 0. The highest BCUT2D eigenvalue weighted by Gasteiger charge is 2.32. The van der Waals surface area contributed by atoms with Crippen LogP contribution in [-0.4, -0.2) is 11.6 Å². The largest absolute Gasteiger partial charge is 0.289 e. The Morgan fingerprint density at radius 2 is 1.39 bits per heavy atom. The fourth-order valence-electron chi connectivity index (χ4n) is 2.34. The van der Waals surface area contributed by atoms with Crippen molar-refractivity contribution >= 4 is 23.2 Å². The SMILES string of the molecule is Cc1ccc(Cl)c2c1C(=O)c1ccccc1C2=O. The summed E-state index contributed by atoms with van der Waals surface area (Å²) in [4.78, 5) is 24.8. The van der Waals surface area contributed by atoms with Gasteiger partial charge < -0.3 is 0 Å². The summed E-state index contributed by atoms with van der Waals surface area (Å²) in [7, 11) is 0. The molecule has 2 aromatic rings. The predicted octanol–water partition coefficient (Wildman–Crippen LogP) is 3.42. The van der Waals surface area contributed by atoms with Gasteiger partial charge in [0, 0.05) is 16.7 Å². The van der Waals surface area contributed by atoms with Crippen molar-refractivity contribution in [1.29, 1.82) is 0 Å². The van der Waals surface area contributed by atoms with E-state index in [0.717, 1.165) is 5.56 Å². The van der Waals surface area contributed by atoms with Crippen molar-refractivity contribution in [1.82, 2.24) is 0 Å². The molecule has 0 radical (unpaired) electrons. The standard InChI is InChI=1S/C15H9ClO2/c1-8-6-7-11(16)13-12(8)14(17)9-4-2-3-5-10(9)15(13)18/h2-7H,1H3. The van der Waals surface area contributed by atoms with E-state index < -0.39 is 0 Å². The molecule has 3 rings (SSSR count). The highest BCUT2D eigenvalue weighted by Crippen LogP contribution is 2.33. The maximum absolute atomic E-state index is 12.4. The highest BCUT2D eigenvalue weighted by molar-refractivity contribution is 6.39. The van der Waals surface area contributed by atoms with Crippen LogP contribution in [0.25, 0.3) is 0 Å². The normalized spacial score (nSPS) is 13.2. The Bertz CT molecular complexity index is 642. The Morgan fingerprint density at radius 1 is 0.833 bits per heavy atom. The summed E-state index contributed by atoms with van der Waals surface area (Å²) in [5, 5.41) is 0.337. The predicted molar refractivity (Wildman–Crippen MR) is 69.5 cm³/mol. The number of carbonyl (C=O) groups is 2. The van der Waals surface area contributed by atoms with Crippen molar-refractivity contribution in [3.05, 3.63) is 69.2 Å². The minimum absolute atomic E-state index is 0.125. The number of halogens is 1. The summed E-state index contributed by atoms with van der Waals surface area (Å²) in [6.07, 6.45) is 0. The number of hydrogen-bond acceptors (Lipinski definition) is 2. The fraction of sp³-hybridized carbons (Fsp3) is 0.0667. The van der Waals surface area contributed by atoms with Crippen LogP contribution < -0.4 is 0 Å². The number of ketones is 2. The lowest BCUT2D eigenvalue weighted by molar-refractivity contribution is 0.0978. The molecule has 2 aromatic carbocycles. The molecule has 0 fully saturated rings. The van der Waals surface area contributed by atoms with Gasteiger partial charge in [-0.15, -0.1) is 0 Å². The summed E-state index contributed by atoms with van der Waals surface area (Å²) in [6, 6.07) is 10.3. The zero-order valence-corrected chi connectivity index (χ0v) is 10.4. The number of benzene rings is 2. The molecule has 0 atom stereocenters. The maximum atomic E-state index is 12.4. The Morgan fingerprint density at radius 3 is 2.00 bits per heavy atom. The third kappa shape index (κ3) is 1.36. The van der Waals surface area contributed by atoms with Crippen LogP contribution in [0, 0.1) is 6.92 Å². The Labute approximate surface area is 109 Å². The molecule has 3 heteroatoms. The Balaban J connectivity index is 2.41. The van der Waals surface area contributed by atoms with Gasteiger partial charge in [-0.1, -0.05) is 41.9 Å². The minimum Gasteiger partial charge on any atom is -0.289 e. The van der Waals surface area contributed by atoms with Gasteiger partial charge in [-0.25, -0.2) is 0 Å². The molecule has 1 aliphatic carbocycles. The zero-order chi connectivity index (χ0) is 12.9. The van der Waals surface area contributed by atoms with Crippen molar-refractivity contribution in [2.45, 2.75) is 6.92 Å². The van der Waals surface area contributed by atoms with E-state index in [-0.39, 0.29) is 11.6 Å². The van der Waals surface area contributed by atoms with Crippen molar-refractivity contribution in [3.8, 4) is 0 Å². The van der Waals surface area contributed by atoms with Crippen LogP contribution in [0.4, 0.5) is 0 Å². The maximum Gasteiger partial charge on any atom is 0.196 e. The molecule has 18 heavy (non-hydrogen) atoms. The highest BCUT2D eigenvalue weighted by atomic mass is 35.5. The van der Waals surface area contributed by atoms with Gasteiger partial charge in [0.2, 0.25) is 0 Å². The van der Waals surface area contributed by atoms with E-state index in [0.29, 0.717) is 27.3 Å². The molecule has 0 amide bonds. The average molecular weight is 257 g/mol. The summed E-state index contributed by atoms with van der Waals surface area (Å²) in [5.74, 6) is -0.297. The van der Waals surface area contributed by atoms with E-state index in [4.69, 9.17) is 11.6 Å². The van der Waals surface area contributed by atoms with Crippen LogP contribution in [0.1, 0.15) is 37.4 Å². The topological polar surface area (TPSA) is 34.1 Å². The summed E-state index contributed by atoms with van der Waals surface area (Å²) >= 11 is 6.07. The first-order chi connectivity index (χ1) is 8.61. The van der Waals surface area contributed by atoms with Crippen molar-refractivity contribution in [2.75, 3.05) is 0 Å². The molecule has 0 saturated heterocycles. The zero-order valence-electron chi connectivity index (χ0n) is 9.66. The first kappa shape index (κ1) is 11.2. The number of hydrogen-bond donors (Lipinski definition) is 0. The van der Waals surface area contributed by atoms with E-state index in [1.165, 1.54) is 0 Å². The van der Waals surface area contributed by atoms with E-state index in [2.05, 4.69) is 0 Å². The second-order valence-electron chi connectivity index (χ2n) is 4.32. The molecular weight excluding hydrogens is 248 g/mol. The van der Waals surface area contributed by atoms with Crippen molar-refractivity contribution in [2.24, 2.45) is 0 Å². The lowest BCUT2D eigenvalue weighted by Gasteiger charge is -2.19. The number of aryl methyl sites for hydroxylation is 1. The summed E-state index contributed by atoms with van der Waals surface area (Å²) in [6.45, 7) is 1.81. The molecule has 0 unspecified atom stereocenters. The summed E-state index contributed by atoms with van der Waals surface area (Å²) in [5.41, 5.74) is 2.44. The van der Waals surface area contributed by atoms with Gasteiger partial charge in [-0.05, 0) is 18.6 Å². The van der Waals surface area contributed by atoms with E-state index in [1.54, 1.807) is 36.4 Å². The van der Waals surface area contributed by atoms with E-state index >= 15 is 0 Å². The quantitative estimate of drug-likeness (QED) is 0.618. The van der Waals surface area contributed by atoms with Gasteiger partial charge in [0.1, 0.15) is 0 Å². The second kappa shape index (κ2) is 3.79. The van der Waals surface area contributed by atoms with Crippen LogP contribution in [0.15, 0.2) is 36.4 Å². The van der Waals surface area contributed by atoms with Crippen LogP contribution in [-0.2, 0) is 0 Å². The third-order valence-corrected chi connectivity index (χ3v) is 3.55. The first-order valence-electron chi connectivity index (χ1n) is 5.59. The molecule has 0 bridgehead atoms. The van der Waals surface area contributed by atoms with Crippen molar-refractivity contribution in [3.63, 3.8) is 0 Å². The molecule has 0 saturated carbocycles. The smallest absolute Gasteiger partial charge is 0.196 e. The molecule has 0 aliphatic heterocycles. The van der Waals surface area contributed by atoms with Gasteiger partial charge in [-0.3, -0.25) is 9.59 Å². The van der Waals surface area contributed by atoms with E-state index in [1.807, 2.05) is 6.92 Å². The van der Waals surface area contributed by atoms with Gasteiger partial charge >= 0.3 is 0 Å². The molecule has 2 nitrogen and oxygen atoms in total. The van der Waals surface area contributed by atoms with Crippen LogP contribution in [0.2, 0.25) is 5.02 Å². The van der Waals surface area contributed by atoms with Crippen LogP contribution in [0.3, 0.4) is 0 Å². The minimum atomic E-state index is -0.172. The molecule has 0 N–H and O–H groups in total. The molecule has 1 aliphatic rings. The lowest BCUT2D eigenvalue weighted by Crippen LogP contribution is -2.22. The third-order valence-electron chi connectivity index (χ3n) is 3.23. The van der Waals surface area contributed by atoms with Gasteiger partial charge in [0.05, 0.1) is 10.6 Å². The molecule has 0 spiro atoms. The lowest BCUT2D eigenvalue weighted by atomic mass is 9.82. The number of rotatable bonds is 0. The van der Waals surface area contributed by atoms with Crippen molar-refractivity contribution < 1.29 is 9.59 Å². The second-order valence-corrected chi connectivity index (χ2v) is 4.73. The molecule has 0 heterocycles. The fourth-order valence-corrected chi connectivity index (χ4v) is 2.59. The Kier molecular flexibility index (Phi) is 2.35. The number of carbonyl (C=O) groups excluding carboxylic acids is 2. The van der Waals surface area contributed by atoms with E-state index in [9.17, 15) is 9.59 Å². The molecular formula is C15H9ClO2. The monoisotopic (exact) mass is 256 g/mol. The average Bonchev–Trinajstić information content (AvgIpc) is 2.38. The molecule has 0 aromatic heterocycles. The van der Waals surface area contributed by atoms with Crippen LogP contribution >= 0.6 is 11.6 Å². The van der Waals surface area contributed by atoms with Crippen LogP contribution in [0.5, 0.6) is 0 Å². The molecule has 88 valence electrons. The first-order valence-corrected chi connectivity index (χ1v) is 5.96. The van der Waals surface area contributed by atoms with Gasteiger partial charge in [-0.2, -0.15) is 0 Å². The van der Waals surface area contributed by atoms with Gasteiger partial charge in [0.25, 0.3) is 0 Å². The Hall–Kier alpha value is -1.93.